The Balaban J connectivity index is 2.41. The van der Waals surface area contributed by atoms with Gasteiger partial charge in [0.1, 0.15) is 0 Å². The Morgan fingerprint density at radius 1 is 1.18 bits per heavy atom. The van der Waals surface area contributed by atoms with Crippen LogP contribution < -0.4 is 10.7 Å². The van der Waals surface area contributed by atoms with Crippen LogP contribution in [0.15, 0.2) is 52.0 Å². The molecule has 0 saturated carbocycles. The molecule has 0 amide bonds. The van der Waals surface area contributed by atoms with Gasteiger partial charge in [-0.2, -0.15) is 5.10 Å². The molecule has 0 bridgehead atoms. The van der Waals surface area contributed by atoms with Crippen molar-refractivity contribution in [1.82, 2.24) is 0 Å². The van der Waals surface area contributed by atoms with Gasteiger partial charge in [0, 0.05) is 26.8 Å². The zero-order valence-corrected chi connectivity index (χ0v) is 15.2. The Hall–Kier alpha value is -1.52. The van der Waals surface area contributed by atoms with Crippen LogP contribution in [0.4, 0.5) is 11.4 Å². The molecule has 0 radical (unpaired) electrons. The summed E-state index contributed by atoms with van der Waals surface area (Å²) in [5.41, 5.74) is 9.42. The fraction of sp³-hybridized carbons (Fsp3) is 0.235. The first-order valence-electron chi connectivity index (χ1n) is 7.04. The summed E-state index contributed by atoms with van der Waals surface area (Å²) in [6.45, 7) is 6.14. The summed E-state index contributed by atoms with van der Waals surface area (Å²) in [6.07, 6.45) is 0. The van der Waals surface area contributed by atoms with Gasteiger partial charge in [-0.1, -0.05) is 27.5 Å². The second-order valence-electron chi connectivity index (χ2n) is 5.33. The second-order valence-corrected chi connectivity index (χ2v) is 6.68. The average Bonchev–Trinajstić information content (AvgIpc) is 2.48. The zero-order valence-electron chi connectivity index (χ0n) is 12.8. The minimum atomic E-state index is 0.219. The average molecular weight is 381 g/mol. The van der Waals surface area contributed by atoms with E-state index in [2.05, 4.69) is 29.8 Å². The van der Waals surface area contributed by atoms with E-state index >= 15 is 0 Å². The summed E-state index contributed by atoms with van der Waals surface area (Å²) in [4.78, 5) is 0. The van der Waals surface area contributed by atoms with Crippen LogP contribution >= 0.6 is 27.5 Å². The fourth-order valence-electron chi connectivity index (χ4n) is 2.12. The largest absolute Gasteiger partial charge is 0.398 e. The predicted octanol–water partition coefficient (Wildman–Crippen LogP) is 5.32. The van der Waals surface area contributed by atoms with Crippen LogP contribution in [-0.4, -0.2) is 11.8 Å². The molecule has 0 unspecified atom stereocenters. The van der Waals surface area contributed by atoms with Gasteiger partial charge in [0.05, 0.1) is 11.4 Å². The topological polar surface area (TPSA) is 41.6 Å². The van der Waals surface area contributed by atoms with Gasteiger partial charge in [0.15, 0.2) is 0 Å². The SMILES string of the molecule is C/C(=N\N(c1ccc(Br)cc1)C(C)C)c1cc(Cl)ccc1N. The lowest BCUT2D eigenvalue weighted by molar-refractivity contribution is 0.713. The fourth-order valence-corrected chi connectivity index (χ4v) is 2.56. The second kappa shape index (κ2) is 7.16. The summed E-state index contributed by atoms with van der Waals surface area (Å²) >= 11 is 9.52. The molecule has 0 aliphatic carbocycles. The van der Waals surface area contributed by atoms with Gasteiger partial charge in [-0.15, -0.1) is 0 Å². The number of nitrogens with zero attached hydrogens (tertiary/aromatic N) is 2. The summed E-state index contributed by atoms with van der Waals surface area (Å²) in [6, 6.07) is 13.7. The van der Waals surface area contributed by atoms with Crippen molar-refractivity contribution in [2.45, 2.75) is 26.8 Å². The van der Waals surface area contributed by atoms with Crippen LogP contribution in [0.25, 0.3) is 0 Å². The van der Waals surface area contributed by atoms with Crippen molar-refractivity contribution in [3.05, 3.63) is 57.5 Å². The maximum Gasteiger partial charge on any atom is 0.0672 e. The highest BCUT2D eigenvalue weighted by atomic mass is 79.9. The number of hydrazone groups is 1. The summed E-state index contributed by atoms with van der Waals surface area (Å²) in [5.74, 6) is 0. The molecule has 116 valence electrons. The summed E-state index contributed by atoms with van der Waals surface area (Å²) in [5, 5.41) is 7.37. The number of halogens is 2. The maximum absolute atomic E-state index is 6.07. The predicted molar refractivity (Wildman–Crippen MR) is 99.8 cm³/mol. The third-order valence-electron chi connectivity index (χ3n) is 3.24. The lowest BCUT2D eigenvalue weighted by Gasteiger charge is -2.24. The van der Waals surface area contributed by atoms with Crippen LogP contribution in [0.3, 0.4) is 0 Å². The number of hydrogen-bond acceptors (Lipinski definition) is 3. The van der Waals surface area contributed by atoms with Gasteiger partial charge in [-0.05, 0) is 63.2 Å². The Kier molecular flexibility index (Phi) is 5.48. The maximum atomic E-state index is 6.07. The van der Waals surface area contributed by atoms with Crippen LogP contribution in [0, 0.1) is 0 Å². The number of nitrogen functional groups attached to an aromatic ring is 1. The van der Waals surface area contributed by atoms with Gasteiger partial charge in [0.2, 0.25) is 0 Å². The van der Waals surface area contributed by atoms with Gasteiger partial charge < -0.3 is 5.73 Å². The Bertz CT molecular complexity index is 681. The van der Waals surface area contributed by atoms with E-state index in [1.807, 2.05) is 42.3 Å². The van der Waals surface area contributed by atoms with E-state index in [-0.39, 0.29) is 6.04 Å². The number of hydrogen-bond donors (Lipinski definition) is 1. The molecule has 0 saturated heterocycles. The Morgan fingerprint density at radius 2 is 1.82 bits per heavy atom. The lowest BCUT2D eigenvalue weighted by atomic mass is 10.1. The van der Waals surface area contributed by atoms with E-state index in [0.717, 1.165) is 21.4 Å². The Labute approximate surface area is 144 Å². The highest BCUT2D eigenvalue weighted by Gasteiger charge is 2.12. The van der Waals surface area contributed by atoms with E-state index in [0.29, 0.717) is 10.7 Å². The molecule has 3 nitrogen and oxygen atoms in total. The zero-order chi connectivity index (χ0) is 16.3. The number of benzene rings is 2. The van der Waals surface area contributed by atoms with Crippen molar-refractivity contribution < 1.29 is 0 Å². The minimum Gasteiger partial charge on any atom is -0.398 e. The molecule has 0 aliphatic rings. The van der Waals surface area contributed by atoms with Crippen LogP contribution in [0.5, 0.6) is 0 Å². The number of rotatable bonds is 4. The van der Waals surface area contributed by atoms with Crippen molar-refractivity contribution in [3.8, 4) is 0 Å². The molecular formula is C17H19BrClN3. The quantitative estimate of drug-likeness (QED) is 0.443. The first-order chi connectivity index (χ1) is 10.4. The standard InChI is InChI=1S/C17H19BrClN3/c1-11(2)22(15-7-4-13(18)5-8-15)21-12(3)16-10-14(19)6-9-17(16)20/h4-11H,20H2,1-3H3/b21-12+. The van der Waals surface area contributed by atoms with Crippen molar-refractivity contribution in [3.63, 3.8) is 0 Å². The molecule has 2 N–H and O–H groups in total. The van der Waals surface area contributed by atoms with E-state index in [4.69, 9.17) is 22.4 Å². The molecule has 2 aromatic rings. The van der Waals surface area contributed by atoms with E-state index in [1.54, 1.807) is 12.1 Å². The first-order valence-corrected chi connectivity index (χ1v) is 8.21. The van der Waals surface area contributed by atoms with Crippen LogP contribution in [-0.2, 0) is 0 Å². The molecular weight excluding hydrogens is 362 g/mol. The van der Waals surface area contributed by atoms with Gasteiger partial charge in [-0.25, -0.2) is 0 Å². The third-order valence-corrected chi connectivity index (χ3v) is 4.01. The lowest BCUT2D eigenvalue weighted by Crippen LogP contribution is -2.26. The molecule has 0 spiro atoms. The molecule has 0 heterocycles. The van der Waals surface area contributed by atoms with Crippen molar-refractivity contribution in [1.29, 1.82) is 0 Å². The highest BCUT2D eigenvalue weighted by Crippen LogP contribution is 2.23. The smallest absolute Gasteiger partial charge is 0.0672 e. The van der Waals surface area contributed by atoms with Gasteiger partial charge >= 0.3 is 0 Å². The minimum absolute atomic E-state index is 0.219. The molecule has 2 aromatic carbocycles. The number of anilines is 2. The molecule has 22 heavy (non-hydrogen) atoms. The van der Waals surface area contributed by atoms with Crippen LogP contribution in [0.2, 0.25) is 5.02 Å². The molecule has 0 atom stereocenters. The van der Waals surface area contributed by atoms with Crippen LogP contribution in [0.1, 0.15) is 26.3 Å². The van der Waals surface area contributed by atoms with Gasteiger partial charge in [0.25, 0.3) is 0 Å². The highest BCUT2D eigenvalue weighted by molar-refractivity contribution is 9.10. The molecule has 2 rings (SSSR count). The molecule has 0 aliphatic heterocycles. The number of nitrogens with two attached hydrogens (primary N) is 1. The molecule has 0 fully saturated rings. The normalized spacial score (nSPS) is 11.8. The monoisotopic (exact) mass is 379 g/mol. The molecule has 5 heteroatoms. The van der Waals surface area contributed by atoms with E-state index in [1.165, 1.54) is 0 Å². The Morgan fingerprint density at radius 3 is 2.41 bits per heavy atom. The first kappa shape index (κ1) is 16.8. The van der Waals surface area contributed by atoms with Crippen molar-refractivity contribution >= 4 is 44.6 Å². The third kappa shape index (κ3) is 4.02. The van der Waals surface area contributed by atoms with E-state index in [9.17, 15) is 0 Å². The van der Waals surface area contributed by atoms with E-state index < -0.39 is 0 Å². The molecule has 0 aromatic heterocycles. The summed E-state index contributed by atoms with van der Waals surface area (Å²) < 4.78 is 1.04. The van der Waals surface area contributed by atoms with Crippen molar-refractivity contribution in [2.75, 3.05) is 10.7 Å². The summed E-state index contributed by atoms with van der Waals surface area (Å²) in [7, 11) is 0. The van der Waals surface area contributed by atoms with Crippen molar-refractivity contribution in [2.24, 2.45) is 5.10 Å². The van der Waals surface area contributed by atoms with Gasteiger partial charge in [-0.3, -0.25) is 5.01 Å².